The van der Waals surface area contributed by atoms with Crippen molar-refractivity contribution in [2.45, 2.75) is 25.8 Å². The molecule has 1 N–H and O–H groups in total. The molecule has 1 aromatic rings. The van der Waals surface area contributed by atoms with Crippen molar-refractivity contribution in [2.24, 2.45) is 5.92 Å². The van der Waals surface area contributed by atoms with Crippen LogP contribution in [0.1, 0.15) is 30.1 Å². The van der Waals surface area contributed by atoms with Gasteiger partial charge in [-0.2, -0.15) is 0 Å². The fourth-order valence-corrected chi connectivity index (χ4v) is 3.05. The molecule has 1 heterocycles. The van der Waals surface area contributed by atoms with Crippen molar-refractivity contribution >= 4 is 17.4 Å². The molecular formula is C16H23ClN2O. The summed E-state index contributed by atoms with van der Waals surface area (Å²) in [5, 5.41) is 3.91. The summed E-state index contributed by atoms with van der Waals surface area (Å²) in [6.07, 6.45) is 2.42. The summed E-state index contributed by atoms with van der Waals surface area (Å²) in [5.41, 5.74) is 0.748. The topological polar surface area (TPSA) is 32.3 Å². The number of hydrogen-bond acceptors (Lipinski definition) is 3. The molecule has 1 saturated heterocycles. The second-order valence-electron chi connectivity index (χ2n) is 5.61. The lowest BCUT2D eigenvalue weighted by Gasteiger charge is -2.36. The van der Waals surface area contributed by atoms with Crippen LogP contribution in [-0.2, 0) is 0 Å². The van der Waals surface area contributed by atoms with Gasteiger partial charge >= 0.3 is 0 Å². The molecule has 0 amide bonds. The minimum absolute atomic E-state index is 0.0594. The average molecular weight is 295 g/mol. The highest BCUT2D eigenvalue weighted by Gasteiger charge is 2.27. The van der Waals surface area contributed by atoms with Crippen molar-refractivity contribution in [1.29, 1.82) is 0 Å². The van der Waals surface area contributed by atoms with Gasteiger partial charge in [-0.15, -0.1) is 0 Å². The molecule has 1 aromatic carbocycles. The number of carbonyl (C=O) groups is 1. The monoisotopic (exact) mass is 294 g/mol. The van der Waals surface area contributed by atoms with Gasteiger partial charge in [0.25, 0.3) is 0 Å². The summed E-state index contributed by atoms with van der Waals surface area (Å²) in [6.45, 7) is 5.05. The zero-order chi connectivity index (χ0) is 14.5. The van der Waals surface area contributed by atoms with Gasteiger partial charge in [-0.25, -0.2) is 0 Å². The molecule has 2 rings (SSSR count). The van der Waals surface area contributed by atoms with Crippen LogP contribution in [0.5, 0.6) is 0 Å². The van der Waals surface area contributed by atoms with Crippen LogP contribution in [0.25, 0.3) is 0 Å². The third-order valence-electron chi connectivity index (χ3n) is 4.10. The summed E-state index contributed by atoms with van der Waals surface area (Å²) < 4.78 is 0. The van der Waals surface area contributed by atoms with Crippen LogP contribution >= 0.6 is 11.6 Å². The van der Waals surface area contributed by atoms with Crippen LogP contribution in [0, 0.1) is 5.92 Å². The van der Waals surface area contributed by atoms with Crippen LogP contribution in [0.15, 0.2) is 24.3 Å². The van der Waals surface area contributed by atoms with E-state index in [9.17, 15) is 4.79 Å². The first kappa shape index (κ1) is 15.5. The molecule has 3 nitrogen and oxygen atoms in total. The summed E-state index contributed by atoms with van der Waals surface area (Å²) in [6, 6.07) is 7.13. The van der Waals surface area contributed by atoms with Gasteiger partial charge in [0.1, 0.15) is 0 Å². The third kappa shape index (κ3) is 3.81. The molecule has 0 radical (unpaired) electrons. The lowest BCUT2D eigenvalue weighted by Crippen LogP contribution is -2.46. The largest absolute Gasteiger partial charge is 0.319 e. The number of hydrogen-bond donors (Lipinski definition) is 1. The van der Waals surface area contributed by atoms with E-state index in [1.165, 1.54) is 12.8 Å². The summed E-state index contributed by atoms with van der Waals surface area (Å²) in [4.78, 5) is 14.8. The van der Waals surface area contributed by atoms with Gasteiger partial charge in [0, 0.05) is 17.1 Å². The quantitative estimate of drug-likeness (QED) is 0.848. The number of carbonyl (C=O) groups excluding carboxylic acids is 1. The summed E-state index contributed by atoms with van der Waals surface area (Å²) in [5.74, 6) is 0.834. The standard InChI is InChI=1S/C16H23ClN2O/c1-12(16(20)14-5-7-15(17)8-6-14)19-9-3-4-13(11-19)10-18-2/h5-8,12-13,18H,3-4,9-11H2,1-2H3. The normalized spacial score (nSPS) is 21.6. The van der Waals surface area contributed by atoms with Crippen molar-refractivity contribution in [1.82, 2.24) is 10.2 Å². The van der Waals surface area contributed by atoms with E-state index in [0.29, 0.717) is 10.9 Å². The van der Waals surface area contributed by atoms with E-state index < -0.39 is 0 Å². The van der Waals surface area contributed by atoms with Crippen molar-refractivity contribution < 1.29 is 4.79 Å². The van der Waals surface area contributed by atoms with E-state index in [0.717, 1.165) is 25.2 Å². The molecule has 0 aromatic heterocycles. The maximum Gasteiger partial charge on any atom is 0.179 e. The summed E-state index contributed by atoms with van der Waals surface area (Å²) in [7, 11) is 1.99. The predicted molar refractivity (Wildman–Crippen MR) is 83.5 cm³/mol. The molecule has 0 bridgehead atoms. The fraction of sp³-hybridized carbons (Fsp3) is 0.562. The lowest BCUT2D eigenvalue weighted by atomic mass is 9.95. The Morgan fingerprint density at radius 2 is 2.15 bits per heavy atom. The minimum atomic E-state index is -0.0594. The first-order valence-corrected chi connectivity index (χ1v) is 7.68. The molecule has 1 aliphatic heterocycles. The van der Waals surface area contributed by atoms with Gasteiger partial charge in [-0.1, -0.05) is 11.6 Å². The highest BCUT2D eigenvalue weighted by Crippen LogP contribution is 2.20. The summed E-state index contributed by atoms with van der Waals surface area (Å²) >= 11 is 5.87. The van der Waals surface area contributed by atoms with Crippen molar-refractivity contribution in [3.63, 3.8) is 0 Å². The maximum atomic E-state index is 12.5. The number of Topliss-reactive ketones (excluding diaryl/α,β-unsaturated/α-hetero) is 1. The Morgan fingerprint density at radius 3 is 2.80 bits per heavy atom. The van der Waals surface area contributed by atoms with E-state index in [-0.39, 0.29) is 11.8 Å². The molecular weight excluding hydrogens is 272 g/mol. The van der Waals surface area contributed by atoms with E-state index in [2.05, 4.69) is 10.2 Å². The number of likely N-dealkylation sites (tertiary alicyclic amines) is 1. The molecule has 4 heteroatoms. The van der Waals surface area contributed by atoms with Crippen LogP contribution < -0.4 is 5.32 Å². The molecule has 20 heavy (non-hydrogen) atoms. The van der Waals surface area contributed by atoms with Gasteiger partial charge < -0.3 is 5.32 Å². The number of nitrogens with one attached hydrogen (secondary N) is 1. The Morgan fingerprint density at radius 1 is 1.45 bits per heavy atom. The Bertz CT molecular complexity index is 444. The van der Waals surface area contributed by atoms with E-state index >= 15 is 0 Å². The number of halogens is 1. The van der Waals surface area contributed by atoms with Gasteiger partial charge in [0.15, 0.2) is 5.78 Å². The van der Waals surface area contributed by atoms with Gasteiger partial charge in [-0.3, -0.25) is 9.69 Å². The Labute approximate surface area is 126 Å². The minimum Gasteiger partial charge on any atom is -0.319 e. The van der Waals surface area contributed by atoms with E-state index in [4.69, 9.17) is 11.6 Å². The zero-order valence-electron chi connectivity index (χ0n) is 12.2. The first-order chi connectivity index (χ1) is 9.61. The molecule has 0 saturated carbocycles. The lowest BCUT2D eigenvalue weighted by molar-refractivity contribution is 0.0753. The molecule has 1 fully saturated rings. The third-order valence-corrected chi connectivity index (χ3v) is 4.35. The van der Waals surface area contributed by atoms with Crippen LogP contribution in [-0.4, -0.2) is 43.4 Å². The van der Waals surface area contributed by atoms with Crippen LogP contribution in [0.2, 0.25) is 5.02 Å². The average Bonchev–Trinajstić information content (AvgIpc) is 2.47. The fourth-order valence-electron chi connectivity index (χ4n) is 2.93. The number of piperidine rings is 1. The molecule has 0 aliphatic carbocycles. The van der Waals surface area contributed by atoms with Crippen molar-refractivity contribution in [3.05, 3.63) is 34.9 Å². The Balaban J connectivity index is 2.00. The van der Waals surface area contributed by atoms with Crippen molar-refractivity contribution in [2.75, 3.05) is 26.7 Å². The molecule has 2 unspecified atom stereocenters. The van der Waals surface area contributed by atoms with Crippen molar-refractivity contribution in [3.8, 4) is 0 Å². The van der Waals surface area contributed by atoms with Crippen LogP contribution in [0.4, 0.5) is 0 Å². The van der Waals surface area contributed by atoms with Gasteiger partial charge in [-0.05, 0) is 70.1 Å². The number of ketones is 1. The number of benzene rings is 1. The second-order valence-corrected chi connectivity index (χ2v) is 6.04. The van der Waals surface area contributed by atoms with E-state index in [1.54, 1.807) is 12.1 Å². The smallest absolute Gasteiger partial charge is 0.179 e. The molecule has 110 valence electrons. The highest BCUT2D eigenvalue weighted by atomic mass is 35.5. The SMILES string of the molecule is CNCC1CCCN(C(C)C(=O)c2ccc(Cl)cc2)C1. The molecule has 2 atom stereocenters. The Hall–Kier alpha value is -0.900. The Kier molecular flexibility index (Phi) is 5.58. The van der Waals surface area contributed by atoms with Gasteiger partial charge in [0.2, 0.25) is 0 Å². The predicted octanol–water partition coefficient (Wildman–Crippen LogP) is 2.84. The maximum absolute atomic E-state index is 12.5. The zero-order valence-corrected chi connectivity index (χ0v) is 13.0. The van der Waals surface area contributed by atoms with Crippen LogP contribution in [0.3, 0.4) is 0 Å². The number of nitrogens with zero attached hydrogens (tertiary/aromatic N) is 1. The van der Waals surface area contributed by atoms with Gasteiger partial charge in [0.05, 0.1) is 6.04 Å². The molecule has 0 spiro atoms. The second kappa shape index (κ2) is 7.21. The highest BCUT2D eigenvalue weighted by molar-refractivity contribution is 6.30. The first-order valence-electron chi connectivity index (χ1n) is 7.30. The molecule has 1 aliphatic rings. The van der Waals surface area contributed by atoms with E-state index in [1.807, 2.05) is 26.1 Å². The number of rotatable bonds is 5.